The monoisotopic (exact) mass is 454 g/mol. The first-order chi connectivity index (χ1) is 14.5. The van der Waals surface area contributed by atoms with E-state index in [0.717, 1.165) is 6.07 Å². The molecular weight excluding hydrogens is 421 g/mol. The largest absolute Gasteiger partial charge is 0.481 e. The molecule has 1 heterocycles. The second-order valence-electron chi connectivity index (χ2n) is 10.1. The van der Waals surface area contributed by atoms with Gasteiger partial charge in [-0.15, -0.1) is 0 Å². The SMILES string of the molecule is CC(C)C1=CN(CCC(=O)O)C(=O)N[C@@]1(C)c1ccc(CCC(C)(C)C)c(C(F)(F)F)c1. The van der Waals surface area contributed by atoms with Crippen LogP contribution in [0.1, 0.15) is 71.1 Å². The van der Waals surface area contributed by atoms with Gasteiger partial charge >= 0.3 is 18.2 Å². The number of amides is 2. The minimum atomic E-state index is -4.52. The van der Waals surface area contributed by atoms with E-state index in [1.54, 1.807) is 19.2 Å². The summed E-state index contributed by atoms with van der Waals surface area (Å²) < 4.78 is 41.8. The Balaban J connectivity index is 2.52. The molecule has 1 aliphatic heterocycles. The number of nitrogens with zero attached hydrogens (tertiary/aromatic N) is 1. The van der Waals surface area contributed by atoms with Crippen LogP contribution in [0.5, 0.6) is 0 Å². The Morgan fingerprint density at radius 2 is 1.84 bits per heavy atom. The average Bonchev–Trinajstić information content (AvgIpc) is 2.63. The second kappa shape index (κ2) is 9.16. The number of urea groups is 1. The molecule has 0 saturated carbocycles. The number of carbonyl (C=O) groups is 2. The zero-order chi connectivity index (χ0) is 24.5. The molecule has 0 aliphatic carbocycles. The fourth-order valence-electron chi connectivity index (χ4n) is 3.94. The van der Waals surface area contributed by atoms with Gasteiger partial charge in [-0.3, -0.25) is 4.79 Å². The molecule has 1 atom stereocenters. The summed E-state index contributed by atoms with van der Waals surface area (Å²) in [6, 6.07) is 3.76. The minimum Gasteiger partial charge on any atom is -0.481 e. The lowest BCUT2D eigenvalue weighted by molar-refractivity contribution is -0.138. The Labute approximate surface area is 187 Å². The Kier molecular flexibility index (Phi) is 7.37. The van der Waals surface area contributed by atoms with Crippen LogP contribution in [0.3, 0.4) is 0 Å². The summed E-state index contributed by atoms with van der Waals surface area (Å²) in [7, 11) is 0. The molecule has 2 rings (SSSR count). The van der Waals surface area contributed by atoms with Gasteiger partial charge in [0.25, 0.3) is 0 Å². The number of aryl methyl sites for hydroxylation is 1. The van der Waals surface area contributed by atoms with Crippen LogP contribution in [0.15, 0.2) is 30.0 Å². The number of hydrogen-bond acceptors (Lipinski definition) is 2. The molecule has 178 valence electrons. The highest BCUT2D eigenvalue weighted by molar-refractivity contribution is 5.80. The van der Waals surface area contributed by atoms with Crippen molar-refractivity contribution in [3.05, 3.63) is 46.7 Å². The molecule has 8 heteroatoms. The molecule has 1 aromatic carbocycles. The number of carbonyl (C=O) groups excluding carboxylic acids is 1. The molecule has 1 aliphatic rings. The van der Waals surface area contributed by atoms with E-state index in [-0.39, 0.29) is 29.9 Å². The zero-order valence-electron chi connectivity index (χ0n) is 19.6. The third-order valence-electron chi connectivity index (χ3n) is 5.82. The van der Waals surface area contributed by atoms with Crippen LogP contribution in [-0.4, -0.2) is 28.6 Å². The van der Waals surface area contributed by atoms with E-state index in [4.69, 9.17) is 5.11 Å². The molecule has 0 radical (unpaired) electrons. The summed E-state index contributed by atoms with van der Waals surface area (Å²) in [5, 5.41) is 11.8. The van der Waals surface area contributed by atoms with Crippen molar-refractivity contribution in [1.82, 2.24) is 10.2 Å². The first-order valence-corrected chi connectivity index (χ1v) is 10.8. The number of carboxylic acids is 1. The highest BCUT2D eigenvalue weighted by Crippen LogP contribution is 2.41. The quantitative estimate of drug-likeness (QED) is 0.536. The van der Waals surface area contributed by atoms with Gasteiger partial charge in [0.15, 0.2) is 0 Å². The topological polar surface area (TPSA) is 69.6 Å². The highest BCUT2D eigenvalue weighted by atomic mass is 19.4. The Bertz CT molecular complexity index is 901. The molecule has 0 unspecified atom stereocenters. The number of hydrogen-bond donors (Lipinski definition) is 2. The van der Waals surface area contributed by atoms with Gasteiger partial charge in [0.2, 0.25) is 0 Å². The van der Waals surface area contributed by atoms with Crippen molar-refractivity contribution in [3.8, 4) is 0 Å². The molecule has 0 bridgehead atoms. The average molecular weight is 455 g/mol. The van der Waals surface area contributed by atoms with Crippen LogP contribution in [0, 0.1) is 11.3 Å². The first kappa shape index (κ1) is 25.7. The standard InChI is InChI=1S/C24H33F3N2O3/c1-15(2)19-14-29(12-10-20(30)31)21(32)28-23(19,6)17-8-7-16(9-11-22(3,4)5)18(13-17)24(25,26)27/h7-8,13-15H,9-12H2,1-6H3,(H,28,32)(H,30,31)/t23-/m0/s1. The first-order valence-electron chi connectivity index (χ1n) is 10.8. The molecule has 5 nitrogen and oxygen atoms in total. The van der Waals surface area contributed by atoms with Crippen molar-refractivity contribution in [2.75, 3.05) is 6.54 Å². The predicted molar refractivity (Wildman–Crippen MR) is 117 cm³/mol. The van der Waals surface area contributed by atoms with E-state index in [1.165, 1.54) is 11.0 Å². The number of nitrogens with one attached hydrogen (secondary N) is 1. The number of halogens is 3. The highest BCUT2D eigenvalue weighted by Gasteiger charge is 2.42. The molecule has 32 heavy (non-hydrogen) atoms. The minimum absolute atomic E-state index is 0.0208. The van der Waals surface area contributed by atoms with Crippen LogP contribution >= 0.6 is 0 Å². The van der Waals surface area contributed by atoms with Crippen LogP contribution in [0.2, 0.25) is 0 Å². The van der Waals surface area contributed by atoms with E-state index < -0.39 is 29.3 Å². The predicted octanol–water partition coefficient (Wildman–Crippen LogP) is 5.94. The second-order valence-corrected chi connectivity index (χ2v) is 10.1. The van der Waals surface area contributed by atoms with Gasteiger partial charge in [0.1, 0.15) is 0 Å². The smallest absolute Gasteiger partial charge is 0.416 e. The van der Waals surface area contributed by atoms with Crippen molar-refractivity contribution >= 4 is 12.0 Å². The Morgan fingerprint density at radius 3 is 2.34 bits per heavy atom. The fourth-order valence-corrected chi connectivity index (χ4v) is 3.94. The summed E-state index contributed by atoms with van der Waals surface area (Å²) in [5.41, 5.74) is -0.648. The fraction of sp³-hybridized carbons (Fsp3) is 0.583. The maximum atomic E-state index is 13.9. The van der Waals surface area contributed by atoms with Crippen molar-refractivity contribution in [2.24, 2.45) is 11.3 Å². The van der Waals surface area contributed by atoms with Gasteiger partial charge in [-0.1, -0.05) is 46.8 Å². The van der Waals surface area contributed by atoms with Gasteiger partial charge in [0.05, 0.1) is 17.5 Å². The van der Waals surface area contributed by atoms with Crippen molar-refractivity contribution in [1.29, 1.82) is 0 Å². The molecular formula is C24H33F3N2O3. The van der Waals surface area contributed by atoms with Crippen molar-refractivity contribution in [3.63, 3.8) is 0 Å². The Morgan fingerprint density at radius 1 is 1.22 bits per heavy atom. The van der Waals surface area contributed by atoms with E-state index in [2.05, 4.69) is 5.32 Å². The molecule has 0 fully saturated rings. The molecule has 0 aromatic heterocycles. The van der Waals surface area contributed by atoms with Crippen LogP contribution in [0.4, 0.5) is 18.0 Å². The van der Waals surface area contributed by atoms with Gasteiger partial charge in [-0.25, -0.2) is 4.79 Å². The van der Waals surface area contributed by atoms with Crippen LogP contribution in [0.25, 0.3) is 0 Å². The number of aliphatic carboxylic acids is 1. The number of alkyl halides is 3. The number of rotatable bonds is 7. The Hall–Kier alpha value is -2.51. The summed E-state index contributed by atoms with van der Waals surface area (Å²) in [6.45, 7) is 11.4. The lowest BCUT2D eigenvalue weighted by Crippen LogP contribution is -2.55. The third kappa shape index (κ3) is 6.04. The molecule has 1 aromatic rings. The molecule has 0 spiro atoms. The lowest BCUT2D eigenvalue weighted by Gasteiger charge is -2.42. The number of carboxylic acid groups (broad SMARTS) is 1. The summed E-state index contributed by atoms with van der Waals surface area (Å²) >= 11 is 0. The molecule has 0 saturated heterocycles. The summed E-state index contributed by atoms with van der Waals surface area (Å²) in [4.78, 5) is 24.9. The maximum Gasteiger partial charge on any atom is 0.416 e. The van der Waals surface area contributed by atoms with Crippen LogP contribution in [-0.2, 0) is 22.9 Å². The van der Waals surface area contributed by atoms with Crippen LogP contribution < -0.4 is 5.32 Å². The van der Waals surface area contributed by atoms with E-state index in [1.807, 2.05) is 34.6 Å². The van der Waals surface area contributed by atoms with Gasteiger partial charge in [-0.2, -0.15) is 13.2 Å². The third-order valence-corrected chi connectivity index (χ3v) is 5.82. The summed E-state index contributed by atoms with van der Waals surface area (Å²) in [5.74, 6) is -1.13. The van der Waals surface area contributed by atoms with E-state index >= 15 is 0 Å². The molecule has 2 amide bonds. The van der Waals surface area contributed by atoms with Gasteiger partial charge < -0.3 is 15.3 Å². The summed E-state index contributed by atoms with van der Waals surface area (Å²) in [6.07, 6.45) is -2.26. The van der Waals surface area contributed by atoms with E-state index in [9.17, 15) is 22.8 Å². The normalized spacial score (nSPS) is 19.8. The van der Waals surface area contributed by atoms with E-state index in [0.29, 0.717) is 24.0 Å². The van der Waals surface area contributed by atoms with Crippen molar-refractivity contribution in [2.45, 2.75) is 72.5 Å². The molecule has 2 N–H and O–H groups in total. The maximum absolute atomic E-state index is 13.9. The van der Waals surface area contributed by atoms with Crippen molar-refractivity contribution < 1.29 is 27.9 Å². The number of benzene rings is 1. The lowest BCUT2D eigenvalue weighted by atomic mass is 9.77. The van der Waals surface area contributed by atoms with Gasteiger partial charge in [0, 0.05) is 12.7 Å². The zero-order valence-corrected chi connectivity index (χ0v) is 19.6. The van der Waals surface area contributed by atoms with Gasteiger partial charge in [-0.05, 0) is 53.9 Å².